The van der Waals surface area contributed by atoms with E-state index in [2.05, 4.69) is 11.2 Å². The normalized spacial score (nSPS) is 11.6. The minimum atomic E-state index is -1.12. The number of carbonyl (C=O) groups is 2. The Bertz CT molecular complexity index is 495. The fraction of sp³-hybridized carbons (Fsp3) is 0.333. The lowest BCUT2D eigenvalue weighted by Crippen LogP contribution is -2.41. The summed E-state index contributed by atoms with van der Waals surface area (Å²) < 4.78 is 0.708. The maximum Gasteiger partial charge on any atom is 0.327 e. The number of terminal acetylenes is 1. The van der Waals surface area contributed by atoms with Crippen LogP contribution in [0.2, 0.25) is 4.34 Å². The summed E-state index contributed by atoms with van der Waals surface area (Å²) in [6, 6.07) is 2.68. The van der Waals surface area contributed by atoms with Crippen LogP contribution in [0.1, 0.15) is 11.3 Å². The van der Waals surface area contributed by atoms with Crippen LogP contribution in [-0.4, -0.2) is 28.8 Å². The van der Waals surface area contributed by atoms with E-state index >= 15 is 0 Å². The van der Waals surface area contributed by atoms with E-state index in [1.54, 1.807) is 6.07 Å². The predicted molar refractivity (Wildman–Crippen MR) is 78.5 cm³/mol. The lowest BCUT2D eigenvalue weighted by atomic mass is 10.2. The summed E-state index contributed by atoms with van der Waals surface area (Å²) in [4.78, 5) is 23.4. The standard InChI is InChI=1S/C12H12ClNO3S2/c1-2-3-9(12(16)17)14-11(15)7-18-6-8-4-5-10(13)19-8/h1,4-5,9H,3,6-7H2,(H,14,15)(H,16,17). The number of hydrogen-bond acceptors (Lipinski definition) is 4. The number of carbonyl (C=O) groups excluding carboxylic acids is 1. The van der Waals surface area contributed by atoms with Crippen molar-refractivity contribution in [3.63, 3.8) is 0 Å². The highest BCUT2D eigenvalue weighted by Gasteiger charge is 2.18. The molecule has 1 heterocycles. The Labute approximate surface area is 124 Å². The number of halogens is 1. The summed E-state index contributed by atoms with van der Waals surface area (Å²) >= 11 is 8.64. The summed E-state index contributed by atoms with van der Waals surface area (Å²) in [5.74, 6) is 1.61. The maximum absolute atomic E-state index is 11.5. The summed E-state index contributed by atoms with van der Waals surface area (Å²) in [5, 5.41) is 11.2. The first-order valence-corrected chi connectivity index (χ1v) is 7.65. The number of carboxylic acid groups (broad SMARTS) is 1. The van der Waals surface area contributed by atoms with Gasteiger partial charge in [-0.2, -0.15) is 0 Å². The van der Waals surface area contributed by atoms with Gasteiger partial charge in [0.2, 0.25) is 5.91 Å². The molecule has 0 aliphatic rings. The van der Waals surface area contributed by atoms with E-state index in [0.29, 0.717) is 10.1 Å². The Balaban J connectivity index is 2.31. The monoisotopic (exact) mass is 317 g/mol. The number of rotatable bonds is 7. The SMILES string of the molecule is C#CCC(NC(=O)CSCc1ccc(Cl)s1)C(=O)O. The second-order valence-corrected chi connectivity index (χ2v) is 6.35. The van der Waals surface area contributed by atoms with Crippen LogP contribution in [0.4, 0.5) is 0 Å². The summed E-state index contributed by atoms with van der Waals surface area (Å²) in [6.45, 7) is 0. The van der Waals surface area contributed by atoms with E-state index < -0.39 is 12.0 Å². The van der Waals surface area contributed by atoms with Crippen LogP contribution < -0.4 is 5.32 Å². The third-order valence-corrected chi connectivity index (χ3v) is 4.46. The number of amides is 1. The molecule has 0 aromatic carbocycles. The van der Waals surface area contributed by atoms with Gasteiger partial charge in [-0.05, 0) is 12.1 Å². The van der Waals surface area contributed by atoms with Crippen LogP contribution in [0.25, 0.3) is 0 Å². The molecule has 1 rings (SSSR count). The van der Waals surface area contributed by atoms with Gasteiger partial charge in [-0.15, -0.1) is 35.4 Å². The average molecular weight is 318 g/mol. The Morgan fingerprint density at radius 2 is 2.32 bits per heavy atom. The van der Waals surface area contributed by atoms with E-state index in [-0.39, 0.29) is 18.1 Å². The number of carboxylic acids is 1. The molecule has 0 spiro atoms. The lowest BCUT2D eigenvalue weighted by molar-refractivity contribution is -0.141. The van der Waals surface area contributed by atoms with E-state index in [1.807, 2.05) is 6.07 Å². The van der Waals surface area contributed by atoms with Crippen molar-refractivity contribution in [3.8, 4) is 12.3 Å². The molecule has 102 valence electrons. The van der Waals surface area contributed by atoms with Crippen molar-refractivity contribution in [1.82, 2.24) is 5.32 Å². The Hall–Kier alpha value is -1.16. The highest BCUT2D eigenvalue weighted by atomic mass is 35.5. The van der Waals surface area contributed by atoms with Crippen molar-refractivity contribution < 1.29 is 14.7 Å². The van der Waals surface area contributed by atoms with Gasteiger partial charge in [0.25, 0.3) is 0 Å². The van der Waals surface area contributed by atoms with Gasteiger partial charge in [0.05, 0.1) is 10.1 Å². The minimum Gasteiger partial charge on any atom is -0.480 e. The quantitative estimate of drug-likeness (QED) is 0.757. The molecule has 1 amide bonds. The van der Waals surface area contributed by atoms with Crippen molar-refractivity contribution in [1.29, 1.82) is 0 Å². The third kappa shape index (κ3) is 6.01. The first-order valence-electron chi connectivity index (χ1n) is 5.30. The molecule has 0 saturated carbocycles. The topological polar surface area (TPSA) is 66.4 Å². The largest absolute Gasteiger partial charge is 0.480 e. The molecule has 0 bridgehead atoms. The van der Waals surface area contributed by atoms with Crippen LogP contribution in [-0.2, 0) is 15.3 Å². The zero-order valence-electron chi connectivity index (χ0n) is 9.89. The Morgan fingerprint density at radius 1 is 1.58 bits per heavy atom. The second kappa shape index (κ2) is 8.10. The van der Waals surface area contributed by atoms with Crippen LogP contribution in [0.3, 0.4) is 0 Å². The van der Waals surface area contributed by atoms with Crippen LogP contribution in [0.15, 0.2) is 12.1 Å². The maximum atomic E-state index is 11.5. The van der Waals surface area contributed by atoms with Crippen LogP contribution >= 0.6 is 34.7 Å². The molecule has 19 heavy (non-hydrogen) atoms. The molecule has 0 aliphatic heterocycles. The molecular formula is C12H12ClNO3S2. The zero-order valence-corrected chi connectivity index (χ0v) is 12.3. The van der Waals surface area contributed by atoms with E-state index in [9.17, 15) is 9.59 Å². The third-order valence-electron chi connectivity index (χ3n) is 2.06. The smallest absolute Gasteiger partial charge is 0.327 e. The minimum absolute atomic E-state index is 0.0216. The van der Waals surface area contributed by atoms with Gasteiger partial charge in [-0.1, -0.05) is 11.6 Å². The second-order valence-electron chi connectivity index (χ2n) is 3.57. The molecule has 0 radical (unpaired) electrons. The molecular weight excluding hydrogens is 306 g/mol. The van der Waals surface area contributed by atoms with Crippen LogP contribution in [0.5, 0.6) is 0 Å². The fourth-order valence-corrected chi connectivity index (χ4v) is 3.26. The molecule has 0 saturated heterocycles. The highest BCUT2D eigenvalue weighted by molar-refractivity contribution is 7.99. The Kier molecular flexibility index (Phi) is 6.78. The van der Waals surface area contributed by atoms with Crippen molar-refractivity contribution in [3.05, 3.63) is 21.3 Å². The Morgan fingerprint density at radius 3 is 2.84 bits per heavy atom. The van der Waals surface area contributed by atoms with E-state index in [4.69, 9.17) is 23.1 Å². The number of thiophene rings is 1. The lowest BCUT2D eigenvalue weighted by Gasteiger charge is -2.11. The van der Waals surface area contributed by atoms with Gasteiger partial charge in [0.1, 0.15) is 6.04 Å². The number of hydrogen-bond donors (Lipinski definition) is 2. The summed E-state index contributed by atoms with van der Waals surface area (Å²) in [7, 11) is 0. The van der Waals surface area contributed by atoms with Gasteiger partial charge in [0.15, 0.2) is 0 Å². The molecule has 1 atom stereocenters. The van der Waals surface area contributed by atoms with Gasteiger partial charge in [-0.25, -0.2) is 4.79 Å². The first-order chi connectivity index (χ1) is 9.02. The number of aliphatic carboxylic acids is 1. The highest BCUT2D eigenvalue weighted by Crippen LogP contribution is 2.24. The van der Waals surface area contributed by atoms with Crippen molar-refractivity contribution in [2.24, 2.45) is 0 Å². The van der Waals surface area contributed by atoms with Crippen molar-refractivity contribution in [2.45, 2.75) is 18.2 Å². The fourth-order valence-electron chi connectivity index (χ4n) is 1.23. The van der Waals surface area contributed by atoms with Gasteiger partial charge in [-0.3, -0.25) is 4.79 Å². The first kappa shape index (κ1) is 15.9. The molecule has 1 aromatic rings. The van der Waals surface area contributed by atoms with Crippen molar-refractivity contribution in [2.75, 3.05) is 5.75 Å². The van der Waals surface area contributed by atoms with E-state index in [1.165, 1.54) is 23.1 Å². The molecule has 1 aromatic heterocycles. The zero-order chi connectivity index (χ0) is 14.3. The summed E-state index contributed by atoms with van der Waals surface area (Å²) in [6.07, 6.45) is 5.02. The molecule has 7 heteroatoms. The molecule has 2 N–H and O–H groups in total. The summed E-state index contributed by atoms with van der Waals surface area (Å²) in [5.41, 5.74) is 0. The van der Waals surface area contributed by atoms with Crippen molar-refractivity contribution >= 4 is 46.6 Å². The van der Waals surface area contributed by atoms with Gasteiger partial charge in [0, 0.05) is 17.1 Å². The van der Waals surface area contributed by atoms with Gasteiger partial charge < -0.3 is 10.4 Å². The molecule has 4 nitrogen and oxygen atoms in total. The van der Waals surface area contributed by atoms with Crippen LogP contribution in [0, 0.1) is 12.3 Å². The number of nitrogens with one attached hydrogen (secondary N) is 1. The molecule has 0 aliphatic carbocycles. The number of thioether (sulfide) groups is 1. The average Bonchev–Trinajstić information content (AvgIpc) is 2.74. The van der Waals surface area contributed by atoms with E-state index in [0.717, 1.165) is 4.88 Å². The molecule has 1 unspecified atom stereocenters. The predicted octanol–water partition coefficient (Wildman–Crippen LogP) is 2.23. The van der Waals surface area contributed by atoms with Gasteiger partial charge >= 0.3 is 5.97 Å². The molecule has 0 fully saturated rings.